The molecule has 92 valence electrons. The van der Waals surface area contributed by atoms with Gasteiger partial charge in [0.25, 0.3) is 0 Å². The number of hydrogen-bond acceptors (Lipinski definition) is 2. The second-order valence-electron chi connectivity index (χ2n) is 4.40. The van der Waals surface area contributed by atoms with Gasteiger partial charge in [-0.15, -0.1) is 0 Å². The first-order valence-corrected chi connectivity index (χ1v) is 5.61. The van der Waals surface area contributed by atoms with E-state index in [0.717, 1.165) is 12.0 Å². The first-order valence-electron chi connectivity index (χ1n) is 5.61. The highest BCUT2D eigenvalue weighted by atomic mass is 19.1. The molecule has 1 saturated carbocycles. The van der Waals surface area contributed by atoms with Crippen LogP contribution in [0.1, 0.15) is 30.7 Å². The zero-order chi connectivity index (χ0) is 12.4. The molecule has 2 amide bonds. The van der Waals surface area contributed by atoms with Crippen LogP contribution < -0.4 is 5.73 Å². The average molecular weight is 238 g/mol. The van der Waals surface area contributed by atoms with Crippen molar-refractivity contribution in [1.29, 1.82) is 0 Å². The van der Waals surface area contributed by atoms with Crippen LogP contribution in [-0.4, -0.2) is 22.3 Å². The average Bonchev–Trinajstić information content (AvgIpc) is 2.77. The molecular weight excluding hydrogens is 223 g/mol. The number of nitrogens with zero attached hydrogens (tertiary/aromatic N) is 1. The van der Waals surface area contributed by atoms with Crippen LogP contribution in [0.5, 0.6) is 0 Å². The molecule has 0 spiro atoms. The summed E-state index contributed by atoms with van der Waals surface area (Å²) in [4.78, 5) is 10.8. The third kappa shape index (κ3) is 2.55. The molecule has 1 aliphatic carbocycles. The molecule has 1 aromatic carbocycles. The number of hydrogen-bond donors (Lipinski definition) is 2. The fourth-order valence-electron chi connectivity index (χ4n) is 2.42. The Morgan fingerprint density at radius 2 is 2.24 bits per heavy atom. The lowest BCUT2D eigenvalue weighted by atomic mass is 9.97. The molecule has 0 aromatic heterocycles. The Bertz CT molecular complexity index is 425. The number of amides is 2. The Kier molecular flexibility index (Phi) is 3.28. The molecule has 1 fully saturated rings. The number of primary amides is 1. The number of benzene rings is 1. The van der Waals surface area contributed by atoms with Crippen LogP contribution in [0.4, 0.5) is 9.18 Å². The quantitative estimate of drug-likeness (QED) is 0.613. The predicted molar refractivity (Wildman–Crippen MR) is 60.0 cm³/mol. The summed E-state index contributed by atoms with van der Waals surface area (Å²) in [5.74, 6) is -0.0913. The normalized spacial score (nSPS) is 23.6. The summed E-state index contributed by atoms with van der Waals surface area (Å²) in [6, 6.07) is 5.33. The summed E-state index contributed by atoms with van der Waals surface area (Å²) in [7, 11) is 0. The van der Waals surface area contributed by atoms with Gasteiger partial charge in [-0.2, -0.15) is 0 Å². The van der Waals surface area contributed by atoms with E-state index in [4.69, 9.17) is 5.73 Å². The lowest BCUT2D eigenvalue weighted by Gasteiger charge is -2.19. The Morgan fingerprint density at radius 3 is 2.88 bits per heavy atom. The monoisotopic (exact) mass is 238 g/mol. The molecule has 2 atom stereocenters. The molecule has 17 heavy (non-hydrogen) atoms. The number of halogens is 1. The highest BCUT2D eigenvalue weighted by molar-refractivity contribution is 5.70. The van der Waals surface area contributed by atoms with E-state index in [1.807, 2.05) is 6.07 Å². The summed E-state index contributed by atoms with van der Waals surface area (Å²) in [5.41, 5.74) is 5.91. The van der Waals surface area contributed by atoms with E-state index in [-0.39, 0.29) is 17.8 Å². The maximum atomic E-state index is 13.1. The van der Waals surface area contributed by atoms with E-state index < -0.39 is 6.03 Å². The number of rotatable bonds is 2. The molecular formula is C12H15FN2O2. The van der Waals surface area contributed by atoms with Crippen molar-refractivity contribution in [2.45, 2.75) is 31.2 Å². The van der Waals surface area contributed by atoms with Crippen LogP contribution in [-0.2, 0) is 0 Å². The molecule has 1 aromatic rings. The molecule has 2 rings (SSSR count). The van der Waals surface area contributed by atoms with Crippen LogP contribution in [0.25, 0.3) is 0 Å². The summed E-state index contributed by atoms with van der Waals surface area (Å²) in [6.45, 7) is 0. The van der Waals surface area contributed by atoms with Gasteiger partial charge in [0.05, 0.1) is 6.04 Å². The lowest BCUT2D eigenvalue weighted by molar-refractivity contribution is -0.0730. The molecule has 4 nitrogen and oxygen atoms in total. The number of hydroxylamine groups is 2. The minimum absolute atomic E-state index is 0.171. The molecule has 1 aliphatic rings. The summed E-state index contributed by atoms with van der Waals surface area (Å²) < 4.78 is 13.1. The van der Waals surface area contributed by atoms with Crippen molar-refractivity contribution in [3.8, 4) is 0 Å². The maximum absolute atomic E-state index is 13.1. The van der Waals surface area contributed by atoms with Gasteiger partial charge in [0.15, 0.2) is 0 Å². The van der Waals surface area contributed by atoms with E-state index in [1.165, 1.54) is 12.1 Å². The smallest absolute Gasteiger partial charge is 0.338 e. The second kappa shape index (κ2) is 4.71. The van der Waals surface area contributed by atoms with Gasteiger partial charge in [-0.05, 0) is 42.9 Å². The zero-order valence-corrected chi connectivity index (χ0v) is 9.34. The SMILES string of the molecule is NC(=O)N(O)[C@@H]1CC[C@@H](c2cccc(F)c2)C1. The van der Waals surface area contributed by atoms with Crippen molar-refractivity contribution in [3.63, 3.8) is 0 Å². The van der Waals surface area contributed by atoms with E-state index >= 15 is 0 Å². The van der Waals surface area contributed by atoms with Gasteiger partial charge in [-0.1, -0.05) is 12.1 Å². The third-order valence-electron chi connectivity index (χ3n) is 3.30. The number of carbonyl (C=O) groups excluding carboxylic acids is 1. The van der Waals surface area contributed by atoms with Crippen LogP contribution in [0, 0.1) is 5.82 Å². The molecule has 0 radical (unpaired) electrons. The van der Waals surface area contributed by atoms with Gasteiger partial charge >= 0.3 is 6.03 Å². The summed E-state index contributed by atoms with van der Waals surface area (Å²) in [6.07, 6.45) is 2.11. The molecule has 0 bridgehead atoms. The fourth-order valence-corrected chi connectivity index (χ4v) is 2.42. The Balaban J connectivity index is 2.05. The Morgan fingerprint density at radius 1 is 1.47 bits per heavy atom. The van der Waals surface area contributed by atoms with Gasteiger partial charge in [0.2, 0.25) is 0 Å². The topological polar surface area (TPSA) is 66.6 Å². The van der Waals surface area contributed by atoms with Gasteiger partial charge < -0.3 is 5.73 Å². The predicted octanol–water partition coefficient (Wildman–Crippen LogP) is 2.23. The Hall–Kier alpha value is -1.62. The van der Waals surface area contributed by atoms with E-state index in [1.54, 1.807) is 6.07 Å². The van der Waals surface area contributed by atoms with Crippen LogP contribution in [0.15, 0.2) is 24.3 Å². The molecule has 0 heterocycles. The standard InChI is InChI=1S/C12H15FN2O2/c13-10-3-1-2-8(6-10)9-4-5-11(7-9)15(17)12(14)16/h1-3,6,9,11,17H,4-5,7H2,(H2,14,16)/t9-,11-/m1/s1. The van der Waals surface area contributed by atoms with E-state index in [0.29, 0.717) is 17.9 Å². The number of carbonyl (C=O) groups is 1. The van der Waals surface area contributed by atoms with Crippen LogP contribution >= 0.6 is 0 Å². The minimum Gasteiger partial charge on any atom is -0.350 e. The van der Waals surface area contributed by atoms with Crippen molar-refractivity contribution in [3.05, 3.63) is 35.6 Å². The van der Waals surface area contributed by atoms with Crippen molar-refractivity contribution < 1.29 is 14.4 Å². The fraction of sp³-hybridized carbons (Fsp3) is 0.417. The Labute approximate surface area is 98.8 Å². The van der Waals surface area contributed by atoms with Gasteiger partial charge in [-0.25, -0.2) is 14.2 Å². The first kappa shape index (κ1) is 11.9. The first-order chi connectivity index (χ1) is 8.08. The van der Waals surface area contributed by atoms with E-state index in [2.05, 4.69) is 0 Å². The van der Waals surface area contributed by atoms with Crippen molar-refractivity contribution >= 4 is 6.03 Å². The third-order valence-corrected chi connectivity index (χ3v) is 3.30. The largest absolute Gasteiger partial charge is 0.350 e. The van der Waals surface area contributed by atoms with Gasteiger partial charge in [0.1, 0.15) is 5.82 Å². The number of nitrogens with two attached hydrogens (primary N) is 1. The zero-order valence-electron chi connectivity index (χ0n) is 9.34. The van der Waals surface area contributed by atoms with Crippen LogP contribution in [0.2, 0.25) is 0 Å². The lowest BCUT2D eigenvalue weighted by Crippen LogP contribution is -2.39. The molecule has 3 N–H and O–H groups in total. The van der Waals surface area contributed by atoms with E-state index in [9.17, 15) is 14.4 Å². The highest BCUT2D eigenvalue weighted by Crippen LogP contribution is 2.36. The molecule has 5 heteroatoms. The maximum Gasteiger partial charge on any atom is 0.338 e. The van der Waals surface area contributed by atoms with Crippen LogP contribution in [0.3, 0.4) is 0 Å². The van der Waals surface area contributed by atoms with Crippen molar-refractivity contribution in [1.82, 2.24) is 5.06 Å². The highest BCUT2D eigenvalue weighted by Gasteiger charge is 2.31. The van der Waals surface area contributed by atoms with Crippen molar-refractivity contribution in [2.24, 2.45) is 5.73 Å². The second-order valence-corrected chi connectivity index (χ2v) is 4.40. The molecule has 0 unspecified atom stereocenters. The minimum atomic E-state index is -0.838. The summed E-state index contributed by atoms with van der Waals surface area (Å²) in [5, 5.41) is 10.0. The molecule has 0 aliphatic heterocycles. The van der Waals surface area contributed by atoms with Crippen molar-refractivity contribution in [2.75, 3.05) is 0 Å². The number of urea groups is 1. The van der Waals surface area contributed by atoms with Gasteiger partial charge in [0, 0.05) is 0 Å². The summed E-state index contributed by atoms with van der Waals surface area (Å²) >= 11 is 0. The molecule has 0 saturated heterocycles. The van der Waals surface area contributed by atoms with Gasteiger partial charge in [-0.3, -0.25) is 5.21 Å².